The summed E-state index contributed by atoms with van der Waals surface area (Å²) in [7, 11) is -5.51. The first-order valence-corrected chi connectivity index (χ1v) is 43.1. The van der Waals surface area contributed by atoms with Crippen LogP contribution in [0.2, 0.25) is 55.9 Å². The molecule has 2 heterocycles. The van der Waals surface area contributed by atoms with Crippen LogP contribution in [0, 0.1) is 70.5 Å². The van der Waals surface area contributed by atoms with Gasteiger partial charge >= 0.3 is 11.9 Å². The second-order valence-corrected chi connectivity index (χ2v) is 47.1. The van der Waals surface area contributed by atoms with Gasteiger partial charge in [0.2, 0.25) is 0 Å². The molecule has 0 aromatic heterocycles. The van der Waals surface area contributed by atoms with E-state index >= 15 is 0 Å². The van der Waals surface area contributed by atoms with Crippen LogP contribution >= 0.6 is 15.9 Å². The fourth-order valence-corrected chi connectivity index (χ4v) is 21.0. The van der Waals surface area contributed by atoms with Crippen LogP contribution in [0.15, 0.2) is 58.7 Å². The van der Waals surface area contributed by atoms with Gasteiger partial charge in [0.1, 0.15) is 0 Å². The molecule has 10 nitrogen and oxygen atoms in total. The van der Waals surface area contributed by atoms with Crippen LogP contribution in [-0.2, 0) is 32.3 Å². The lowest BCUT2D eigenvalue weighted by atomic mass is 9.60. The van der Waals surface area contributed by atoms with E-state index in [0.29, 0.717) is 73.9 Å². The molecule has 7 rings (SSSR count). The molecule has 0 aromatic carbocycles. The predicted octanol–water partition coefficient (Wildman–Crippen LogP) is 19.4. The summed E-state index contributed by atoms with van der Waals surface area (Å²) in [6.45, 7) is 51.4. The van der Waals surface area contributed by atoms with Crippen LogP contribution in [0.3, 0.4) is 0 Å². The Morgan fingerprint density at radius 2 is 1.23 bits per heavy atom. The molecule has 0 radical (unpaired) electrons. The van der Waals surface area contributed by atoms with Gasteiger partial charge in [0.25, 0.3) is 0 Å². The maximum Gasteiger partial charge on any atom is 0.337 e. The van der Waals surface area contributed by atoms with E-state index < -0.39 is 54.3 Å². The first kappa shape index (κ1) is 82.2. The first-order chi connectivity index (χ1) is 39.1. The van der Waals surface area contributed by atoms with E-state index in [9.17, 15) is 24.9 Å². The fraction of sp³-hybridized carbons (Fsp3) is 0.811. The lowest BCUT2D eigenvalue weighted by Gasteiger charge is -2.45. The van der Waals surface area contributed by atoms with Gasteiger partial charge in [-0.1, -0.05) is 143 Å². The second kappa shape index (κ2) is 32.5. The molecular formula is C74H133BrO10Si3. The van der Waals surface area contributed by atoms with Crippen molar-refractivity contribution < 1.29 is 47.7 Å². The van der Waals surface area contributed by atoms with Crippen molar-refractivity contribution >= 4 is 52.8 Å². The molecule has 2 saturated heterocycles. The number of cyclic esters (lactones) is 2. The van der Waals surface area contributed by atoms with E-state index in [2.05, 4.69) is 167 Å². The summed E-state index contributed by atoms with van der Waals surface area (Å²) in [5.74, 6) is 6.62. The summed E-state index contributed by atoms with van der Waals surface area (Å²) in [4.78, 5) is 26.5. The SMILES string of the molecule is C.C.C.C#CC[C@H](C[C@@H](C=C)O[Si](C)(C)C(C)(C)C)O[Si](C)(C)C(C)(C)C.C=C1/C(=C\C=C2/CCC[C@@]3(C)C2CC[C@@H]3[C@H](C)C[C@H]2COC(=O)[C@](C)(O)C2)C[C@@H](O)C[C@@H]1O.C[C@H](C[C@H]1COC(=O)[C@](C)(O[Si](C)(C)C)C1)[C@H]1CCC2/C(=C/Br)CCC[C@@]21C. The van der Waals surface area contributed by atoms with Gasteiger partial charge in [-0.25, -0.2) is 9.59 Å². The second-order valence-electron chi connectivity index (χ2n) is 32.7. The minimum Gasteiger partial charge on any atom is -0.463 e. The molecule has 88 heavy (non-hydrogen) atoms. The van der Waals surface area contributed by atoms with E-state index in [4.69, 9.17) is 29.2 Å². The van der Waals surface area contributed by atoms with Crippen LogP contribution < -0.4 is 0 Å². The van der Waals surface area contributed by atoms with E-state index in [-0.39, 0.29) is 61.9 Å². The maximum atomic E-state index is 12.5. The number of allylic oxidation sites excluding steroid dienone is 4. The van der Waals surface area contributed by atoms with Crippen LogP contribution in [-0.4, -0.2) is 101 Å². The Bertz CT molecular complexity index is 2440. The van der Waals surface area contributed by atoms with Gasteiger partial charge in [0.05, 0.1) is 37.6 Å². The summed E-state index contributed by atoms with van der Waals surface area (Å²) in [6.07, 6.45) is 29.1. The van der Waals surface area contributed by atoms with Crippen LogP contribution in [0.5, 0.6) is 0 Å². The summed E-state index contributed by atoms with van der Waals surface area (Å²) in [6, 6.07) is 0. The number of hydrogen-bond acceptors (Lipinski definition) is 10. The van der Waals surface area contributed by atoms with Gasteiger partial charge in [-0.15, -0.1) is 18.9 Å². The van der Waals surface area contributed by atoms with Crippen molar-refractivity contribution in [2.75, 3.05) is 13.2 Å². The third-order valence-corrected chi connectivity index (χ3v) is 33.2. The number of terminal acetylenes is 1. The average molecular weight is 1350 g/mol. The minimum absolute atomic E-state index is 0. The number of carbonyl (C=O) groups excluding carboxylic acids is 2. The maximum absolute atomic E-state index is 12.5. The highest BCUT2D eigenvalue weighted by Crippen LogP contribution is 2.62. The molecule has 2 aliphatic heterocycles. The molecule has 16 atom stereocenters. The number of aliphatic hydroxyl groups is 3. The van der Waals surface area contributed by atoms with E-state index in [1.54, 1.807) is 12.5 Å². The van der Waals surface area contributed by atoms with Crippen molar-refractivity contribution in [3.63, 3.8) is 0 Å². The van der Waals surface area contributed by atoms with E-state index in [1.165, 1.54) is 63.4 Å². The fourth-order valence-electron chi connectivity index (χ4n) is 16.3. The summed E-state index contributed by atoms with van der Waals surface area (Å²) in [5.41, 5.74) is 3.43. The molecule has 14 heteroatoms. The van der Waals surface area contributed by atoms with Crippen LogP contribution in [0.4, 0.5) is 0 Å². The predicted molar refractivity (Wildman–Crippen MR) is 382 cm³/mol. The normalized spacial score (nSPS) is 34.7. The summed E-state index contributed by atoms with van der Waals surface area (Å²) in [5, 5.41) is 30.9. The van der Waals surface area contributed by atoms with E-state index in [1.807, 2.05) is 13.0 Å². The number of aliphatic hydroxyl groups excluding tert-OH is 2. The Labute approximate surface area is 552 Å². The van der Waals surface area contributed by atoms with Gasteiger partial charge in [0, 0.05) is 19.3 Å². The van der Waals surface area contributed by atoms with Crippen molar-refractivity contribution in [3.8, 4) is 12.3 Å². The lowest BCUT2D eigenvalue weighted by molar-refractivity contribution is -0.177. The Morgan fingerprint density at radius 3 is 1.69 bits per heavy atom. The zero-order valence-corrected chi connectivity index (χ0v) is 61.5. The van der Waals surface area contributed by atoms with Crippen molar-refractivity contribution in [1.29, 1.82) is 0 Å². The molecule has 5 aliphatic carbocycles. The van der Waals surface area contributed by atoms with Gasteiger partial charge in [0.15, 0.2) is 36.2 Å². The highest BCUT2D eigenvalue weighted by atomic mass is 79.9. The largest absolute Gasteiger partial charge is 0.463 e. The van der Waals surface area contributed by atoms with E-state index in [0.717, 1.165) is 55.1 Å². The Hall–Kier alpha value is -1.91. The molecule has 508 valence electrons. The summed E-state index contributed by atoms with van der Waals surface area (Å²) >= 11 is 3.63. The zero-order chi connectivity index (χ0) is 64.1. The molecule has 5 saturated carbocycles. The van der Waals surface area contributed by atoms with Crippen molar-refractivity contribution in [2.45, 2.75) is 312 Å². The minimum atomic E-state index is -1.85. The Kier molecular flexibility index (Phi) is 30.3. The molecule has 7 aliphatic rings. The number of esters is 2. The topological polar surface area (TPSA) is 141 Å². The highest BCUT2D eigenvalue weighted by Gasteiger charge is 2.54. The molecule has 3 N–H and O–H groups in total. The van der Waals surface area contributed by atoms with Gasteiger partial charge < -0.3 is 38.1 Å². The van der Waals surface area contributed by atoms with Crippen molar-refractivity contribution in [1.82, 2.24) is 0 Å². The molecule has 7 fully saturated rings. The monoisotopic (exact) mass is 1340 g/mol. The highest BCUT2D eigenvalue weighted by molar-refractivity contribution is 9.11. The molecule has 0 spiro atoms. The summed E-state index contributed by atoms with van der Waals surface area (Å²) < 4.78 is 30.3. The third kappa shape index (κ3) is 20.5. The lowest BCUT2D eigenvalue weighted by Crippen LogP contribution is -2.52. The molecular weight excluding hydrogens is 1210 g/mol. The van der Waals surface area contributed by atoms with Gasteiger partial charge in [-0.3, -0.25) is 0 Å². The number of ether oxygens (including phenoxy) is 2. The molecule has 0 aromatic rings. The smallest absolute Gasteiger partial charge is 0.337 e. The van der Waals surface area contributed by atoms with Crippen molar-refractivity contribution in [3.05, 3.63) is 58.7 Å². The number of halogens is 1. The van der Waals surface area contributed by atoms with Gasteiger partial charge in [-0.05, 0) is 240 Å². The first-order valence-electron chi connectivity index (χ1n) is 33.0. The Balaban J connectivity index is 0.000000449. The number of rotatable bonds is 17. The number of fused-ring (bicyclic) bond motifs is 2. The van der Waals surface area contributed by atoms with Crippen LogP contribution in [0.1, 0.15) is 221 Å². The van der Waals surface area contributed by atoms with Gasteiger partial charge in [-0.2, -0.15) is 0 Å². The van der Waals surface area contributed by atoms with Crippen molar-refractivity contribution in [2.24, 2.45) is 58.2 Å². The number of hydrogen-bond donors (Lipinski definition) is 3. The molecule has 2 unspecified atom stereocenters. The zero-order valence-electron chi connectivity index (χ0n) is 56.9. The quantitative estimate of drug-likeness (QED) is 0.0558. The standard InChI is InChI=1S/C28H42O5.C23H39BrO3Si.C20H40O2Si2.3CH4/c1-17(12-19-15-28(4,32)26(31)33-16-19)23-9-10-24-20(6-5-11-27(23,24)3)7-8-21-13-22(29)14-25(30)18(21)2;1-16(19-9-10-20-18(14-24)8-7-11-22(19,20)2)12-17-13-23(3,21(25)26-15-17)27-28(4,5)6;1-13-15-18(22-24(11,12)20(6,7)8)16-17(14-2)21-23(9,10)19(3,4)5;;;/h7-8,17,19,22-25,29-30,32H,2,5-6,9-16H2,1,3-4H3;14,16-17,19-20H,7-13,15H2,1-6H3;1,14,17-18H,2,15-16H2,3-12H3;3*1H4/b20-7+,21-8-;18-14+;;;;/t17-,19-,22-,23-,24?,25+,27-,28-;16-,17-,19-,20?,22-,23-;17-,18-;;;/m111.../s1. The van der Waals surface area contributed by atoms with Crippen LogP contribution in [0.25, 0.3) is 0 Å². The Morgan fingerprint density at radius 1 is 0.750 bits per heavy atom. The average Bonchev–Trinajstić information content (AvgIpc) is 3.96. The number of carbonyl (C=O) groups is 2. The third-order valence-electron chi connectivity index (χ3n) is 22.6. The molecule has 0 amide bonds. The molecule has 0 bridgehead atoms.